The summed E-state index contributed by atoms with van der Waals surface area (Å²) in [6.45, 7) is 2.55. The number of anilines is 3. The van der Waals surface area contributed by atoms with Crippen molar-refractivity contribution < 1.29 is 19.1 Å². The Kier molecular flexibility index (Phi) is 7.86. The molecule has 0 aliphatic carbocycles. The smallest absolute Gasteiger partial charge is 0.328 e. The molecule has 1 saturated heterocycles. The number of methoxy groups -OCH3 is 1. The maximum atomic E-state index is 13.1. The topological polar surface area (TPSA) is 129 Å². The predicted octanol–water partition coefficient (Wildman–Crippen LogP) is 2.29. The minimum atomic E-state index is -0.442. The van der Waals surface area contributed by atoms with Crippen molar-refractivity contribution in [1.29, 1.82) is 5.26 Å². The number of amides is 2. The minimum absolute atomic E-state index is 0.160. The summed E-state index contributed by atoms with van der Waals surface area (Å²) < 4.78 is 10.4. The summed E-state index contributed by atoms with van der Waals surface area (Å²) in [6, 6.07) is 8.14. The predicted molar refractivity (Wildman–Crippen MR) is 114 cm³/mol. The first-order chi connectivity index (χ1) is 15.1. The van der Waals surface area contributed by atoms with Crippen LogP contribution in [0, 0.1) is 17.2 Å². The number of aromatic nitrogens is 2. The Labute approximate surface area is 180 Å². The van der Waals surface area contributed by atoms with E-state index in [1.807, 2.05) is 0 Å². The van der Waals surface area contributed by atoms with Crippen LogP contribution in [0.4, 0.5) is 22.1 Å². The Balaban J connectivity index is 1.81. The van der Waals surface area contributed by atoms with Crippen molar-refractivity contribution in [2.75, 3.05) is 55.6 Å². The third-order valence-corrected chi connectivity index (χ3v) is 4.74. The molecule has 3 heterocycles. The van der Waals surface area contributed by atoms with Gasteiger partial charge in [-0.1, -0.05) is 6.07 Å². The fourth-order valence-corrected chi connectivity index (χ4v) is 3.15. The van der Waals surface area contributed by atoms with Crippen LogP contribution in [-0.2, 0) is 9.47 Å². The molecule has 1 atom stereocenters. The van der Waals surface area contributed by atoms with E-state index < -0.39 is 6.03 Å². The second-order valence-electron chi connectivity index (χ2n) is 6.96. The van der Waals surface area contributed by atoms with Gasteiger partial charge in [0.15, 0.2) is 6.29 Å². The molecular weight excluding hydrogens is 400 g/mol. The van der Waals surface area contributed by atoms with Gasteiger partial charge in [-0.15, -0.1) is 0 Å². The highest BCUT2D eigenvalue weighted by molar-refractivity contribution is 6.01. The molecular formula is C21H24N6O4. The van der Waals surface area contributed by atoms with E-state index in [4.69, 9.17) is 9.47 Å². The third kappa shape index (κ3) is 5.97. The third-order valence-electron chi connectivity index (χ3n) is 4.74. The van der Waals surface area contributed by atoms with E-state index in [1.165, 1.54) is 11.1 Å². The molecule has 1 aliphatic heterocycles. The van der Waals surface area contributed by atoms with Gasteiger partial charge in [0.05, 0.1) is 24.5 Å². The number of ether oxygens (including phenoxy) is 2. The van der Waals surface area contributed by atoms with Crippen molar-refractivity contribution in [3.63, 3.8) is 0 Å². The van der Waals surface area contributed by atoms with E-state index in [9.17, 15) is 14.9 Å². The summed E-state index contributed by atoms with van der Waals surface area (Å²) in [5.41, 5.74) is 1.13. The van der Waals surface area contributed by atoms with Gasteiger partial charge < -0.3 is 14.8 Å². The quantitative estimate of drug-likeness (QED) is 0.463. The molecule has 0 radical (unpaired) electrons. The summed E-state index contributed by atoms with van der Waals surface area (Å²) in [4.78, 5) is 34.2. The second-order valence-corrected chi connectivity index (χ2v) is 6.96. The summed E-state index contributed by atoms with van der Waals surface area (Å²) in [5, 5.41) is 15.1. The molecule has 0 unspecified atom stereocenters. The Morgan fingerprint density at radius 3 is 3.06 bits per heavy atom. The molecule has 31 heavy (non-hydrogen) atoms. The average molecular weight is 424 g/mol. The van der Waals surface area contributed by atoms with Crippen molar-refractivity contribution in [3.8, 4) is 6.07 Å². The maximum Gasteiger partial charge on any atom is 0.328 e. The zero-order chi connectivity index (χ0) is 22.1. The van der Waals surface area contributed by atoms with Crippen LogP contribution in [0.25, 0.3) is 0 Å². The van der Waals surface area contributed by atoms with Crippen molar-refractivity contribution in [2.45, 2.75) is 6.42 Å². The lowest BCUT2D eigenvalue weighted by molar-refractivity contribution is 0.111. The maximum absolute atomic E-state index is 13.1. The molecule has 2 N–H and O–H groups in total. The van der Waals surface area contributed by atoms with Crippen molar-refractivity contribution in [3.05, 3.63) is 41.7 Å². The van der Waals surface area contributed by atoms with Crippen molar-refractivity contribution in [1.82, 2.24) is 9.97 Å². The van der Waals surface area contributed by atoms with Crippen LogP contribution in [0.3, 0.4) is 0 Å². The molecule has 3 rings (SSSR count). The fraction of sp³-hybridized carbons (Fsp3) is 0.381. The fourth-order valence-electron chi connectivity index (χ4n) is 3.15. The number of nitrogens with one attached hydrogen (secondary N) is 2. The Hall–Kier alpha value is -3.55. The van der Waals surface area contributed by atoms with E-state index in [-0.39, 0.29) is 17.4 Å². The summed E-state index contributed by atoms with van der Waals surface area (Å²) >= 11 is 0. The molecule has 0 spiro atoms. The number of carbonyl (C=O) groups excluding carboxylic acids is 2. The SMILES string of the molecule is COCCNc1cc(NC(=O)N(C[C@@H]2CCOC2)c2cccc(C=O)n2)ncc1C#N. The van der Waals surface area contributed by atoms with Crippen LogP contribution < -0.4 is 15.5 Å². The van der Waals surface area contributed by atoms with Crippen LogP contribution in [0.5, 0.6) is 0 Å². The van der Waals surface area contributed by atoms with Gasteiger partial charge >= 0.3 is 6.03 Å². The summed E-state index contributed by atoms with van der Waals surface area (Å²) in [5.74, 6) is 0.803. The molecule has 0 bridgehead atoms. The van der Waals surface area contributed by atoms with Crippen molar-refractivity contribution in [2.24, 2.45) is 5.92 Å². The first-order valence-corrected chi connectivity index (χ1v) is 9.86. The number of nitriles is 1. The van der Waals surface area contributed by atoms with E-state index in [0.29, 0.717) is 56.3 Å². The van der Waals surface area contributed by atoms with Gasteiger partial charge in [-0.3, -0.25) is 15.0 Å². The van der Waals surface area contributed by atoms with E-state index in [2.05, 4.69) is 26.7 Å². The molecule has 10 nitrogen and oxygen atoms in total. The molecule has 162 valence electrons. The van der Waals surface area contributed by atoms with Gasteiger partial charge in [-0.25, -0.2) is 14.8 Å². The summed E-state index contributed by atoms with van der Waals surface area (Å²) in [6.07, 6.45) is 2.86. The Bertz CT molecular complexity index is 955. The number of urea groups is 1. The Morgan fingerprint density at radius 1 is 1.48 bits per heavy atom. The molecule has 2 aromatic rings. The highest BCUT2D eigenvalue weighted by Crippen LogP contribution is 2.22. The largest absolute Gasteiger partial charge is 0.383 e. The van der Waals surface area contributed by atoms with Gasteiger partial charge in [0.1, 0.15) is 23.4 Å². The van der Waals surface area contributed by atoms with Crippen LogP contribution in [-0.4, -0.2) is 62.3 Å². The molecule has 2 aromatic heterocycles. The van der Waals surface area contributed by atoms with E-state index in [1.54, 1.807) is 31.4 Å². The zero-order valence-corrected chi connectivity index (χ0v) is 17.2. The molecule has 2 amide bonds. The lowest BCUT2D eigenvalue weighted by Crippen LogP contribution is -2.39. The number of carbonyl (C=O) groups is 2. The lowest BCUT2D eigenvalue weighted by atomic mass is 10.1. The number of rotatable bonds is 9. The molecule has 0 aromatic carbocycles. The van der Waals surface area contributed by atoms with Crippen LogP contribution in [0.2, 0.25) is 0 Å². The normalized spacial score (nSPS) is 15.2. The van der Waals surface area contributed by atoms with Gasteiger partial charge in [-0.2, -0.15) is 5.26 Å². The molecule has 10 heteroatoms. The van der Waals surface area contributed by atoms with Gasteiger partial charge in [0, 0.05) is 45.0 Å². The number of nitrogens with zero attached hydrogens (tertiary/aromatic N) is 4. The minimum Gasteiger partial charge on any atom is -0.383 e. The van der Waals surface area contributed by atoms with Gasteiger partial charge in [-0.05, 0) is 18.6 Å². The second kappa shape index (κ2) is 11.0. The number of hydrogen-bond donors (Lipinski definition) is 2. The lowest BCUT2D eigenvalue weighted by Gasteiger charge is -2.24. The monoisotopic (exact) mass is 424 g/mol. The van der Waals surface area contributed by atoms with Crippen LogP contribution in [0.15, 0.2) is 30.5 Å². The van der Waals surface area contributed by atoms with Gasteiger partial charge in [0.25, 0.3) is 0 Å². The average Bonchev–Trinajstić information content (AvgIpc) is 3.31. The standard InChI is InChI=1S/C21H24N6O4/c1-30-8-6-23-18-9-19(24-11-16(18)10-22)26-21(29)27(12-15-5-7-31-14-15)20-4-2-3-17(13-28)25-20/h2-4,9,11,13,15H,5-8,12,14H2,1H3,(H2,23,24,26,29)/t15-/m0/s1. The summed E-state index contributed by atoms with van der Waals surface area (Å²) in [7, 11) is 1.59. The number of pyridine rings is 2. The van der Waals surface area contributed by atoms with Crippen LogP contribution >= 0.6 is 0 Å². The van der Waals surface area contributed by atoms with E-state index >= 15 is 0 Å². The molecule has 1 fully saturated rings. The first-order valence-electron chi connectivity index (χ1n) is 9.86. The van der Waals surface area contributed by atoms with Crippen molar-refractivity contribution >= 4 is 29.6 Å². The highest BCUT2D eigenvalue weighted by Gasteiger charge is 2.25. The van der Waals surface area contributed by atoms with Crippen LogP contribution in [0.1, 0.15) is 22.5 Å². The molecule has 0 saturated carbocycles. The van der Waals surface area contributed by atoms with E-state index in [0.717, 1.165) is 6.42 Å². The first kappa shape index (κ1) is 22.1. The highest BCUT2D eigenvalue weighted by atomic mass is 16.5. The van der Waals surface area contributed by atoms with Gasteiger partial charge in [0.2, 0.25) is 0 Å². The zero-order valence-electron chi connectivity index (χ0n) is 17.2. The Morgan fingerprint density at radius 2 is 2.35 bits per heavy atom. The number of hydrogen-bond acceptors (Lipinski definition) is 8. The molecule has 1 aliphatic rings. The number of aldehydes is 1.